The summed E-state index contributed by atoms with van der Waals surface area (Å²) in [4.78, 5) is 18.9. The van der Waals surface area contributed by atoms with Crippen LogP contribution < -0.4 is 10.3 Å². The molecule has 136 valence electrons. The number of halogens is 2. The zero-order chi connectivity index (χ0) is 19.4. The molecule has 1 aromatic heterocycles. The molecule has 0 fully saturated rings. The highest BCUT2D eigenvalue weighted by molar-refractivity contribution is 7.98. The summed E-state index contributed by atoms with van der Waals surface area (Å²) in [5.41, 5.74) is -0.135. The van der Waals surface area contributed by atoms with Crippen molar-refractivity contribution in [3.8, 4) is 23.1 Å². The van der Waals surface area contributed by atoms with Crippen molar-refractivity contribution in [2.45, 2.75) is 11.8 Å². The second-order valence-electron chi connectivity index (χ2n) is 5.43. The molecule has 1 heterocycles. The predicted octanol–water partition coefficient (Wildman–Crippen LogP) is 3.89. The summed E-state index contributed by atoms with van der Waals surface area (Å²) in [6, 6.07) is 11.9. The van der Waals surface area contributed by atoms with Crippen LogP contribution >= 0.6 is 11.8 Å². The maximum Gasteiger partial charge on any atom is 0.270 e. The Morgan fingerprint density at radius 3 is 2.59 bits per heavy atom. The SMILES string of the molecule is CSc1nc(-c2cccc(OCc3c(F)cccc3F)c2)c(C#N)c(=O)[nH]1. The molecule has 0 aliphatic rings. The lowest BCUT2D eigenvalue weighted by Gasteiger charge is -2.10. The van der Waals surface area contributed by atoms with Crippen molar-refractivity contribution in [2.24, 2.45) is 0 Å². The van der Waals surface area contributed by atoms with Crippen molar-refractivity contribution in [3.63, 3.8) is 0 Å². The highest BCUT2D eigenvalue weighted by atomic mass is 32.2. The van der Waals surface area contributed by atoms with Gasteiger partial charge in [0.15, 0.2) is 5.16 Å². The lowest BCUT2D eigenvalue weighted by Crippen LogP contribution is -2.14. The zero-order valence-corrected chi connectivity index (χ0v) is 14.9. The van der Waals surface area contributed by atoms with Gasteiger partial charge in [-0.25, -0.2) is 13.8 Å². The first-order valence-corrected chi connectivity index (χ1v) is 9.00. The predicted molar refractivity (Wildman–Crippen MR) is 97.5 cm³/mol. The quantitative estimate of drug-likeness (QED) is 0.533. The van der Waals surface area contributed by atoms with Crippen LogP contribution in [0.2, 0.25) is 0 Å². The Balaban J connectivity index is 1.94. The molecule has 0 spiro atoms. The van der Waals surface area contributed by atoms with E-state index in [0.717, 1.165) is 12.1 Å². The van der Waals surface area contributed by atoms with Gasteiger partial charge in [-0.1, -0.05) is 30.0 Å². The number of nitrogens with zero attached hydrogens (tertiary/aromatic N) is 2. The summed E-state index contributed by atoms with van der Waals surface area (Å²) in [5.74, 6) is -1.07. The Labute approximate surface area is 157 Å². The van der Waals surface area contributed by atoms with Crippen molar-refractivity contribution >= 4 is 11.8 Å². The van der Waals surface area contributed by atoms with E-state index in [9.17, 15) is 18.8 Å². The fourth-order valence-corrected chi connectivity index (χ4v) is 2.80. The molecule has 0 aliphatic carbocycles. The van der Waals surface area contributed by atoms with E-state index in [0.29, 0.717) is 16.5 Å². The van der Waals surface area contributed by atoms with Gasteiger partial charge in [-0.15, -0.1) is 0 Å². The number of rotatable bonds is 5. The van der Waals surface area contributed by atoms with Gasteiger partial charge in [-0.3, -0.25) is 4.79 Å². The van der Waals surface area contributed by atoms with Crippen molar-refractivity contribution in [1.29, 1.82) is 5.26 Å². The van der Waals surface area contributed by atoms with E-state index in [1.165, 1.54) is 17.8 Å². The summed E-state index contributed by atoms with van der Waals surface area (Å²) >= 11 is 1.24. The molecule has 3 rings (SSSR count). The minimum Gasteiger partial charge on any atom is -0.489 e. The summed E-state index contributed by atoms with van der Waals surface area (Å²) in [6.07, 6.45) is 1.75. The first kappa shape index (κ1) is 18.6. The molecule has 27 heavy (non-hydrogen) atoms. The summed E-state index contributed by atoms with van der Waals surface area (Å²) in [7, 11) is 0. The standard InChI is InChI=1S/C19H13F2N3O2S/c1-27-19-23-17(13(9-22)18(25)24-19)11-4-2-5-12(8-11)26-10-14-15(20)6-3-7-16(14)21/h2-8H,10H2,1H3,(H,23,24,25). The van der Waals surface area contributed by atoms with Gasteiger partial charge >= 0.3 is 0 Å². The van der Waals surface area contributed by atoms with Crippen molar-refractivity contribution in [2.75, 3.05) is 6.26 Å². The van der Waals surface area contributed by atoms with Gasteiger partial charge in [0.25, 0.3) is 5.56 Å². The Kier molecular flexibility index (Phi) is 5.52. The maximum atomic E-state index is 13.7. The van der Waals surface area contributed by atoms with Crippen LogP contribution in [0.15, 0.2) is 52.4 Å². The maximum absolute atomic E-state index is 13.7. The van der Waals surface area contributed by atoms with E-state index >= 15 is 0 Å². The van der Waals surface area contributed by atoms with Gasteiger partial charge in [-0.05, 0) is 30.5 Å². The highest BCUT2D eigenvalue weighted by Crippen LogP contribution is 2.26. The summed E-state index contributed by atoms with van der Waals surface area (Å²) in [6.45, 7) is -0.300. The van der Waals surface area contributed by atoms with E-state index < -0.39 is 17.2 Å². The minimum absolute atomic E-state index is 0.120. The Morgan fingerprint density at radius 2 is 1.93 bits per heavy atom. The second kappa shape index (κ2) is 8.01. The van der Waals surface area contributed by atoms with Crippen LogP contribution in [0.3, 0.4) is 0 Å². The molecule has 0 unspecified atom stereocenters. The third kappa shape index (κ3) is 3.99. The Hall–Kier alpha value is -3.18. The van der Waals surface area contributed by atoms with Gasteiger partial charge in [0.05, 0.1) is 11.3 Å². The van der Waals surface area contributed by atoms with Crippen molar-refractivity contribution in [3.05, 3.63) is 75.6 Å². The normalized spacial score (nSPS) is 10.4. The lowest BCUT2D eigenvalue weighted by molar-refractivity contribution is 0.292. The van der Waals surface area contributed by atoms with Gasteiger partial charge < -0.3 is 9.72 Å². The number of thioether (sulfide) groups is 1. The molecule has 2 aromatic carbocycles. The van der Waals surface area contributed by atoms with Gasteiger partial charge in [0.1, 0.15) is 35.6 Å². The fraction of sp³-hybridized carbons (Fsp3) is 0.105. The van der Waals surface area contributed by atoms with E-state index in [-0.39, 0.29) is 23.4 Å². The molecule has 0 atom stereocenters. The number of H-pyrrole nitrogens is 1. The van der Waals surface area contributed by atoms with E-state index in [4.69, 9.17) is 4.74 Å². The number of nitrogens with one attached hydrogen (secondary N) is 1. The number of nitriles is 1. The fourth-order valence-electron chi connectivity index (χ4n) is 2.42. The number of aromatic amines is 1. The molecule has 0 saturated carbocycles. The molecule has 1 N–H and O–H groups in total. The van der Waals surface area contributed by atoms with Gasteiger partial charge in [0.2, 0.25) is 0 Å². The van der Waals surface area contributed by atoms with Crippen LogP contribution in [0.1, 0.15) is 11.1 Å². The highest BCUT2D eigenvalue weighted by Gasteiger charge is 2.14. The zero-order valence-electron chi connectivity index (χ0n) is 14.1. The van der Waals surface area contributed by atoms with Gasteiger partial charge in [0, 0.05) is 5.56 Å². The molecule has 0 bridgehead atoms. The number of hydrogen-bond acceptors (Lipinski definition) is 5. The van der Waals surface area contributed by atoms with Crippen LogP contribution in [-0.2, 0) is 6.61 Å². The second-order valence-corrected chi connectivity index (χ2v) is 6.22. The molecule has 3 aromatic rings. The van der Waals surface area contributed by atoms with Crippen LogP contribution in [0.25, 0.3) is 11.3 Å². The molecule has 8 heteroatoms. The van der Waals surface area contributed by atoms with Crippen molar-refractivity contribution < 1.29 is 13.5 Å². The smallest absolute Gasteiger partial charge is 0.270 e. The topological polar surface area (TPSA) is 78.8 Å². The number of aromatic nitrogens is 2. The van der Waals surface area contributed by atoms with Crippen LogP contribution in [0.5, 0.6) is 5.75 Å². The van der Waals surface area contributed by atoms with Crippen LogP contribution in [0.4, 0.5) is 8.78 Å². The molecule has 0 aliphatic heterocycles. The number of ether oxygens (including phenoxy) is 1. The number of benzene rings is 2. The first-order valence-electron chi connectivity index (χ1n) is 7.78. The first-order chi connectivity index (χ1) is 13.0. The van der Waals surface area contributed by atoms with Crippen LogP contribution in [0, 0.1) is 23.0 Å². The van der Waals surface area contributed by atoms with Crippen molar-refractivity contribution in [1.82, 2.24) is 9.97 Å². The Morgan fingerprint density at radius 1 is 1.22 bits per heavy atom. The largest absolute Gasteiger partial charge is 0.489 e. The molecule has 0 amide bonds. The molecule has 0 radical (unpaired) electrons. The Bertz CT molecular complexity index is 1070. The molecule has 0 saturated heterocycles. The van der Waals surface area contributed by atoms with E-state index in [2.05, 4.69) is 9.97 Å². The van der Waals surface area contributed by atoms with Gasteiger partial charge in [-0.2, -0.15) is 5.26 Å². The third-order valence-electron chi connectivity index (χ3n) is 3.76. The molecular weight excluding hydrogens is 372 g/mol. The summed E-state index contributed by atoms with van der Waals surface area (Å²) < 4.78 is 32.9. The summed E-state index contributed by atoms with van der Waals surface area (Å²) in [5, 5.41) is 9.64. The van der Waals surface area contributed by atoms with E-state index in [1.54, 1.807) is 30.5 Å². The molecule has 5 nitrogen and oxygen atoms in total. The van der Waals surface area contributed by atoms with Crippen LogP contribution in [-0.4, -0.2) is 16.2 Å². The average molecular weight is 385 g/mol. The third-order valence-corrected chi connectivity index (χ3v) is 4.34. The van der Waals surface area contributed by atoms with E-state index in [1.807, 2.05) is 6.07 Å². The molecular formula is C19H13F2N3O2S. The average Bonchev–Trinajstić information content (AvgIpc) is 2.67. The number of hydrogen-bond donors (Lipinski definition) is 1. The monoisotopic (exact) mass is 385 g/mol. The lowest BCUT2D eigenvalue weighted by atomic mass is 10.1. The minimum atomic E-state index is -0.696.